The van der Waals surface area contributed by atoms with E-state index in [0.717, 1.165) is 13.1 Å². The fraction of sp³-hybridized carbons (Fsp3) is 0.533. The first-order valence-electron chi connectivity index (χ1n) is 6.95. The summed E-state index contributed by atoms with van der Waals surface area (Å²) < 4.78 is 16.0. The van der Waals surface area contributed by atoms with Crippen LogP contribution in [0.4, 0.5) is 0 Å². The second-order valence-corrected chi connectivity index (χ2v) is 4.95. The van der Waals surface area contributed by atoms with Crippen LogP contribution in [0.15, 0.2) is 18.2 Å². The van der Waals surface area contributed by atoms with Gasteiger partial charge in [0.1, 0.15) is 0 Å². The Morgan fingerprint density at radius 2 is 2.14 bits per heavy atom. The zero-order chi connectivity index (χ0) is 15.2. The lowest BCUT2D eigenvalue weighted by Gasteiger charge is -2.28. The Hall–Kier alpha value is -1.79. The average Bonchev–Trinajstić information content (AvgIpc) is 2.54. The van der Waals surface area contributed by atoms with E-state index in [0.29, 0.717) is 30.2 Å². The third-order valence-electron chi connectivity index (χ3n) is 3.46. The number of likely N-dealkylation sites (N-methyl/N-ethyl adjacent to an activating group) is 1. The van der Waals surface area contributed by atoms with E-state index in [4.69, 9.17) is 14.2 Å². The van der Waals surface area contributed by atoms with Crippen molar-refractivity contribution in [3.8, 4) is 11.5 Å². The highest BCUT2D eigenvalue weighted by Crippen LogP contribution is 2.27. The van der Waals surface area contributed by atoms with E-state index in [9.17, 15) is 4.79 Å². The van der Waals surface area contributed by atoms with Crippen molar-refractivity contribution >= 4 is 5.91 Å². The van der Waals surface area contributed by atoms with Crippen LogP contribution in [0.5, 0.6) is 11.5 Å². The minimum atomic E-state index is -0.0647. The predicted molar refractivity (Wildman–Crippen MR) is 79.1 cm³/mol. The molecular formula is C15H22N2O4. The van der Waals surface area contributed by atoms with E-state index in [-0.39, 0.29) is 12.0 Å². The highest BCUT2D eigenvalue weighted by atomic mass is 16.5. The predicted octanol–water partition coefficient (Wildman–Crippen LogP) is 0.764. The van der Waals surface area contributed by atoms with Crippen LogP contribution in [0.3, 0.4) is 0 Å². The van der Waals surface area contributed by atoms with Gasteiger partial charge in [0.05, 0.1) is 26.9 Å². The molecule has 6 heteroatoms. The largest absolute Gasteiger partial charge is 0.493 e. The van der Waals surface area contributed by atoms with Crippen molar-refractivity contribution in [2.75, 3.05) is 47.5 Å². The molecule has 0 aromatic heterocycles. The zero-order valence-corrected chi connectivity index (χ0v) is 12.7. The standard InChI is InChI=1S/C15H22N2O4/c1-17(10-12-9-16-6-7-21-12)15(18)11-4-5-13(19-2)14(8-11)20-3/h4-5,8,12,16H,6-7,9-10H2,1-3H3. The maximum Gasteiger partial charge on any atom is 0.253 e. The quantitative estimate of drug-likeness (QED) is 0.869. The molecule has 0 bridgehead atoms. The van der Waals surface area contributed by atoms with Crippen molar-refractivity contribution in [2.24, 2.45) is 0 Å². The summed E-state index contributed by atoms with van der Waals surface area (Å²) in [6, 6.07) is 5.16. The first-order valence-corrected chi connectivity index (χ1v) is 6.95. The number of morpholine rings is 1. The molecule has 1 aromatic carbocycles. The fourth-order valence-corrected chi connectivity index (χ4v) is 2.31. The lowest BCUT2D eigenvalue weighted by molar-refractivity contribution is 0.0104. The van der Waals surface area contributed by atoms with Crippen LogP contribution in [-0.4, -0.2) is 64.4 Å². The number of nitrogens with one attached hydrogen (secondary N) is 1. The van der Waals surface area contributed by atoms with Crippen molar-refractivity contribution < 1.29 is 19.0 Å². The number of benzene rings is 1. The van der Waals surface area contributed by atoms with Gasteiger partial charge < -0.3 is 24.4 Å². The first-order chi connectivity index (χ1) is 10.2. The molecule has 1 N–H and O–H groups in total. The Balaban J connectivity index is 2.04. The molecule has 0 saturated carbocycles. The molecule has 1 amide bonds. The van der Waals surface area contributed by atoms with Gasteiger partial charge in [0.2, 0.25) is 0 Å². The van der Waals surface area contributed by atoms with Gasteiger partial charge >= 0.3 is 0 Å². The van der Waals surface area contributed by atoms with Gasteiger partial charge in [-0.3, -0.25) is 4.79 Å². The molecule has 1 aromatic rings. The number of rotatable bonds is 5. The summed E-state index contributed by atoms with van der Waals surface area (Å²) in [4.78, 5) is 14.1. The van der Waals surface area contributed by atoms with Gasteiger partial charge in [-0.15, -0.1) is 0 Å². The number of hydrogen-bond donors (Lipinski definition) is 1. The highest BCUT2D eigenvalue weighted by Gasteiger charge is 2.20. The highest BCUT2D eigenvalue weighted by molar-refractivity contribution is 5.94. The number of hydrogen-bond acceptors (Lipinski definition) is 5. The van der Waals surface area contributed by atoms with Crippen LogP contribution >= 0.6 is 0 Å². The number of methoxy groups -OCH3 is 2. The monoisotopic (exact) mass is 294 g/mol. The van der Waals surface area contributed by atoms with Crippen molar-refractivity contribution in [2.45, 2.75) is 6.10 Å². The maximum absolute atomic E-state index is 12.4. The van der Waals surface area contributed by atoms with Crippen LogP contribution in [0.2, 0.25) is 0 Å². The van der Waals surface area contributed by atoms with Crippen molar-refractivity contribution in [1.82, 2.24) is 10.2 Å². The Kier molecular flexibility index (Phi) is 5.41. The molecule has 2 rings (SSSR count). The lowest BCUT2D eigenvalue weighted by Crippen LogP contribution is -2.45. The van der Waals surface area contributed by atoms with Gasteiger partial charge in [0, 0.05) is 32.2 Å². The van der Waals surface area contributed by atoms with Gasteiger partial charge in [0.25, 0.3) is 5.91 Å². The first kappa shape index (κ1) is 15.6. The second-order valence-electron chi connectivity index (χ2n) is 4.95. The van der Waals surface area contributed by atoms with Crippen molar-refractivity contribution in [3.63, 3.8) is 0 Å². The van der Waals surface area contributed by atoms with E-state index >= 15 is 0 Å². The van der Waals surface area contributed by atoms with Crippen molar-refractivity contribution in [3.05, 3.63) is 23.8 Å². The molecule has 0 radical (unpaired) electrons. The minimum absolute atomic E-state index is 0.0350. The van der Waals surface area contributed by atoms with Gasteiger partial charge in [0.15, 0.2) is 11.5 Å². The second kappa shape index (κ2) is 7.28. The summed E-state index contributed by atoms with van der Waals surface area (Å²) in [5.74, 6) is 1.09. The maximum atomic E-state index is 12.4. The Morgan fingerprint density at radius 3 is 2.76 bits per heavy atom. The van der Waals surface area contributed by atoms with Gasteiger partial charge in [-0.25, -0.2) is 0 Å². The molecule has 1 atom stereocenters. The van der Waals surface area contributed by atoms with Crippen LogP contribution in [0.1, 0.15) is 10.4 Å². The molecule has 0 aliphatic carbocycles. The summed E-state index contributed by atoms with van der Waals surface area (Å²) in [6.45, 7) is 2.87. The Morgan fingerprint density at radius 1 is 1.38 bits per heavy atom. The van der Waals surface area contributed by atoms with Gasteiger partial charge in [-0.2, -0.15) is 0 Å². The number of amides is 1. The third-order valence-corrected chi connectivity index (χ3v) is 3.46. The van der Waals surface area contributed by atoms with Gasteiger partial charge in [-0.1, -0.05) is 0 Å². The number of carbonyl (C=O) groups excluding carboxylic acids is 1. The summed E-state index contributed by atoms with van der Waals surface area (Å²) in [7, 11) is 4.90. The summed E-state index contributed by atoms with van der Waals surface area (Å²) in [5, 5.41) is 3.25. The molecule has 1 saturated heterocycles. The number of ether oxygens (including phenoxy) is 3. The summed E-state index contributed by atoms with van der Waals surface area (Å²) >= 11 is 0. The van der Waals surface area contributed by atoms with Crippen LogP contribution in [0.25, 0.3) is 0 Å². The van der Waals surface area contributed by atoms with E-state index in [1.807, 2.05) is 0 Å². The van der Waals surface area contributed by atoms with E-state index < -0.39 is 0 Å². The molecule has 1 aliphatic heterocycles. The minimum Gasteiger partial charge on any atom is -0.493 e. The molecule has 21 heavy (non-hydrogen) atoms. The molecule has 0 spiro atoms. The van der Waals surface area contributed by atoms with E-state index in [1.54, 1.807) is 44.4 Å². The van der Waals surface area contributed by atoms with Crippen LogP contribution in [0, 0.1) is 0 Å². The van der Waals surface area contributed by atoms with Crippen LogP contribution < -0.4 is 14.8 Å². The number of nitrogens with zero attached hydrogens (tertiary/aromatic N) is 1. The smallest absolute Gasteiger partial charge is 0.253 e. The van der Waals surface area contributed by atoms with E-state index in [2.05, 4.69) is 5.32 Å². The molecule has 116 valence electrons. The Labute approximate surface area is 125 Å². The molecule has 1 fully saturated rings. The molecule has 1 unspecified atom stereocenters. The number of carbonyl (C=O) groups is 1. The molecular weight excluding hydrogens is 272 g/mol. The fourth-order valence-electron chi connectivity index (χ4n) is 2.31. The SMILES string of the molecule is COc1ccc(C(=O)N(C)CC2CNCCO2)cc1OC. The Bertz CT molecular complexity index is 487. The van der Waals surface area contributed by atoms with Crippen molar-refractivity contribution in [1.29, 1.82) is 0 Å². The summed E-state index contributed by atoms with van der Waals surface area (Å²) in [5.41, 5.74) is 0.568. The topological polar surface area (TPSA) is 60.0 Å². The van der Waals surface area contributed by atoms with E-state index in [1.165, 1.54) is 0 Å². The molecule has 6 nitrogen and oxygen atoms in total. The van der Waals surface area contributed by atoms with Crippen LogP contribution in [-0.2, 0) is 4.74 Å². The average molecular weight is 294 g/mol. The lowest BCUT2D eigenvalue weighted by atomic mass is 10.1. The molecule has 1 heterocycles. The molecule has 1 aliphatic rings. The summed E-state index contributed by atoms with van der Waals surface area (Å²) in [6.07, 6.45) is 0.0350. The third kappa shape index (κ3) is 3.86. The zero-order valence-electron chi connectivity index (χ0n) is 12.7. The van der Waals surface area contributed by atoms with Gasteiger partial charge in [-0.05, 0) is 18.2 Å². The normalized spacial score (nSPS) is 18.1.